The van der Waals surface area contributed by atoms with Crippen LogP contribution < -0.4 is 4.90 Å². The fraction of sp³-hybridized carbons (Fsp3) is 0. The van der Waals surface area contributed by atoms with Crippen molar-refractivity contribution in [2.45, 2.75) is 0 Å². The van der Waals surface area contributed by atoms with Crippen molar-refractivity contribution >= 4 is 49.8 Å². The Morgan fingerprint density at radius 2 is 0.958 bits per heavy atom. The summed E-state index contributed by atoms with van der Waals surface area (Å²) < 4.78 is 6.35. The molecule has 0 atom stereocenters. The van der Waals surface area contributed by atoms with Crippen LogP contribution >= 0.6 is 0 Å². The van der Waals surface area contributed by atoms with Gasteiger partial charge in [-0.2, -0.15) is 0 Å². The average molecular weight is 614 g/mol. The molecule has 0 spiro atoms. The molecule has 0 saturated carbocycles. The molecule has 0 N–H and O–H groups in total. The zero-order valence-electron chi connectivity index (χ0n) is 26.3. The van der Waals surface area contributed by atoms with Gasteiger partial charge >= 0.3 is 0 Å². The lowest BCUT2D eigenvalue weighted by molar-refractivity contribution is 0.669. The van der Waals surface area contributed by atoms with E-state index in [4.69, 9.17) is 4.42 Å². The molecule has 0 amide bonds. The van der Waals surface area contributed by atoms with Crippen molar-refractivity contribution in [2.75, 3.05) is 4.90 Å². The first-order valence-electron chi connectivity index (χ1n) is 16.4. The Hall–Kier alpha value is -6.38. The van der Waals surface area contributed by atoms with Crippen LogP contribution in [-0.2, 0) is 0 Å². The number of hydrogen-bond acceptors (Lipinski definition) is 2. The lowest BCUT2D eigenvalue weighted by Crippen LogP contribution is -2.11. The van der Waals surface area contributed by atoms with Crippen LogP contribution in [0.3, 0.4) is 0 Å². The molecule has 9 rings (SSSR count). The van der Waals surface area contributed by atoms with E-state index in [2.05, 4.69) is 181 Å². The molecule has 0 fully saturated rings. The molecular formula is C46H31NO. The van der Waals surface area contributed by atoms with Gasteiger partial charge in [-0.15, -0.1) is 0 Å². The standard InChI is InChI=1S/C46H31NO/c1-2-13-34(14-3-1)40-20-6-8-23-42(40)47(43-24-12-26-45-46(43)41-21-7-9-25-44(41)48-45)37-29-27-32(28-30-37)35-17-10-18-36(31-35)39-22-11-16-33-15-4-5-19-38(33)39/h1-31H. The maximum absolute atomic E-state index is 6.35. The van der Waals surface area contributed by atoms with Crippen molar-refractivity contribution in [1.82, 2.24) is 0 Å². The van der Waals surface area contributed by atoms with Crippen LogP contribution in [0.15, 0.2) is 192 Å². The third-order valence-corrected chi connectivity index (χ3v) is 9.27. The molecule has 0 bridgehead atoms. The van der Waals surface area contributed by atoms with Crippen LogP contribution in [-0.4, -0.2) is 0 Å². The Morgan fingerprint density at radius 1 is 0.354 bits per heavy atom. The highest BCUT2D eigenvalue weighted by Gasteiger charge is 2.21. The Balaban J connectivity index is 1.20. The van der Waals surface area contributed by atoms with Gasteiger partial charge in [0.1, 0.15) is 11.2 Å². The summed E-state index contributed by atoms with van der Waals surface area (Å²) in [5.41, 5.74) is 12.2. The third-order valence-electron chi connectivity index (χ3n) is 9.27. The van der Waals surface area contributed by atoms with E-state index < -0.39 is 0 Å². The van der Waals surface area contributed by atoms with Crippen LogP contribution in [0.5, 0.6) is 0 Å². The topological polar surface area (TPSA) is 16.4 Å². The van der Waals surface area contributed by atoms with Gasteiger partial charge in [0.15, 0.2) is 0 Å². The molecule has 0 unspecified atom stereocenters. The van der Waals surface area contributed by atoms with E-state index in [1.807, 2.05) is 12.1 Å². The summed E-state index contributed by atoms with van der Waals surface area (Å²) in [5.74, 6) is 0. The summed E-state index contributed by atoms with van der Waals surface area (Å²) in [4.78, 5) is 2.38. The van der Waals surface area contributed by atoms with Crippen LogP contribution in [0.1, 0.15) is 0 Å². The van der Waals surface area contributed by atoms with Gasteiger partial charge in [0.25, 0.3) is 0 Å². The molecule has 1 aromatic heterocycles. The predicted octanol–water partition coefficient (Wildman–Crippen LogP) is 13.2. The molecule has 1 heterocycles. The Labute approximate surface area is 279 Å². The first-order valence-corrected chi connectivity index (χ1v) is 16.4. The Kier molecular flexibility index (Phi) is 6.84. The first-order chi connectivity index (χ1) is 23.8. The van der Waals surface area contributed by atoms with Crippen LogP contribution in [0, 0.1) is 0 Å². The monoisotopic (exact) mass is 613 g/mol. The molecule has 0 radical (unpaired) electrons. The summed E-state index contributed by atoms with van der Waals surface area (Å²) in [6, 6.07) is 66.9. The number of furan rings is 1. The normalized spacial score (nSPS) is 11.3. The minimum absolute atomic E-state index is 0.873. The number of fused-ring (bicyclic) bond motifs is 4. The number of nitrogens with zero attached hydrogens (tertiary/aromatic N) is 1. The van der Waals surface area contributed by atoms with E-state index in [0.29, 0.717) is 0 Å². The maximum Gasteiger partial charge on any atom is 0.137 e. The third kappa shape index (κ3) is 4.83. The van der Waals surface area contributed by atoms with Gasteiger partial charge < -0.3 is 9.32 Å². The molecule has 9 aromatic rings. The second kappa shape index (κ2) is 11.8. The van der Waals surface area contributed by atoms with Gasteiger partial charge in [0.05, 0.1) is 16.8 Å². The number of hydrogen-bond donors (Lipinski definition) is 0. The second-order valence-electron chi connectivity index (χ2n) is 12.1. The van der Waals surface area contributed by atoms with E-state index >= 15 is 0 Å². The maximum atomic E-state index is 6.35. The summed E-state index contributed by atoms with van der Waals surface area (Å²) in [5, 5.41) is 4.72. The van der Waals surface area contributed by atoms with Crippen molar-refractivity contribution in [1.29, 1.82) is 0 Å². The van der Waals surface area contributed by atoms with Gasteiger partial charge in [-0.05, 0) is 81.1 Å². The summed E-state index contributed by atoms with van der Waals surface area (Å²) in [7, 11) is 0. The van der Waals surface area contributed by atoms with E-state index in [-0.39, 0.29) is 0 Å². The quantitative estimate of drug-likeness (QED) is 0.185. The van der Waals surface area contributed by atoms with Crippen LogP contribution in [0.25, 0.3) is 66.1 Å². The minimum Gasteiger partial charge on any atom is -0.456 e. The van der Waals surface area contributed by atoms with Gasteiger partial charge in [-0.25, -0.2) is 0 Å². The highest BCUT2D eigenvalue weighted by Crippen LogP contribution is 2.46. The average Bonchev–Trinajstić information content (AvgIpc) is 3.55. The molecule has 2 heteroatoms. The molecular weight excluding hydrogens is 583 g/mol. The van der Waals surface area contributed by atoms with Gasteiger partial charge in [0.2, 0.25) is 0 Å². The van der Waals surface area contributed by atoms with Crippen molar-refractivity contribution in [3.8, 4) is 33.4 Å². The molecule has 0 aliphatic carbocycles. The largest absolute Gasteiger partial charge is 0.456 e. The fourth-order valence-electron chi connectivity index (χ4n) is 7.03. The smallest absolute Gasteiger partial charge is 0.137 e. The zero-order valence-corrected chi connectivity index (χ0v) is 26.3. The van der Waals surface area contributed by atoms with Gasteiger partial charge in [-0.1, -0.05) is 146 Å². The van der Waals surface area contributed by atoms with Gasteiger partial charge in [0, 0.05) is 16.6 Å². The first kappa shape index (κ1) is 27.9. The zero-order chi connectivity index (χ0) is 31.9. The molecule has 0 saturated heterocycles. The highest BCUT2D eigenvalue weighted by molar-refractivity contribution is 6.13. The van der Waals surface area contributed by atoms with Gasteiger partial charge in [-0.3, -0.25) is 0 Å². The predicted molar refractivity (Wildman–Crippen MR) is 202 cm³/mol. The molecule has 2 nitrogen and oxygen atoms in total. The number of para-hydroxylation sites is 2. The number of rotatable bonds is 6. The van der Waals surface area contributed by atoms with E-state index in [1.54, 1.807) is 0 Å². The lowest BCUT2D eigenvalue weighted by Gasteiger charge is -2.28. The molecule has 0 aliphatic heterocycles. The molecule has 8 aromatic carbocycles. The molecule has 0 aliphatic rings. The lowest BCUT2D eigenvalue weighted by atomic mass is 9.95. The number of benzene rings is 8. The summed E-state index contributed by atoms with van der Waals surface area (Å²) in [6.45, 7) is 0. The van der Waals surface area contributed by atoms with Crippen molar-refractivity contribution < 1.29 is 4.42 Å². The Bertz CT molecular complexity index is 2560. The molecule has 226 valence electrons. The van der Waals surface area contributed by atoms with Crippen molar-refractivity contribution in [3.05, 3.63) is 188 Å². The van der Waals surface area contributed by atoms with Crippen molar-refractivity contribution in [2.24, 2.45) is 0 Å². The summed E-state index contributed by atoms with van der Waals surface area (Å²) >= 11 is 0. The summed E-state index contributed by atoms with van der Waals surface area (Å²) in [6.07, 6.45) is 0. The number of anilines is 3. The second-order valence-corrected chi connectivity index (χ2v) is 12.1. The minimum atomic E-state index is 0.873. The van der Waals surface area contributed by atoms with Crippen LogP contribution in [0.2, 0.25) is 0 Å². The van der Waals surface area contributed by atoms with E-state index in [1.165, 1.54) is 38.6 Å². The Morgan fingerprint density at radius 3 is 1.85 bits per heavy atom. The van der Waals surface area contributed by atoms with Crippen molar-refractivity contribution in [3.63, 3.8) is 0 Å². The van der Waals surface area contributed by atoms with Crippen LogP contribution in [0.4, 0.5) is 17.1 Å². The van der Waals surface area contributed by atoms with E-state index in [0.717, 1.165) is 44.6 Å². The highest BCUT2D eigenvalue weighted by atomic mass is 16.3. The van der Waals surface area contributed by atoms with E-state index in [9.17, 15) is 0 Å². The SMILES string of the molecule is c1ccc(-c2ccccc2N(c2ccc(-c3cccc(-c4cccc5ccccc45)c3)cc2)c2cccc3oc4ccccc4c23)cc1. The fourth-order valence-corrected chi connectivity index (χ4v) is 7.03. The molecule has 48 heavy (non-hydrogen) atoms.